The molecule has 2 aromatic carbocycles. The molecule has 33 heavy (non-hydrogen) atoms. The van der Waals surface area contributed by atoms with Crippen molar-refractivity contribution < 1.29 is 23.9 Å². The van der Waals surface area contributed by atoms with Gasteiger partial charge < -0.3 is 14.8 Å². The molecule has 172 valence electrons. The molecule has 2 fully saturated rings. The highest BCUT2D eigenvalue weighted by atomic mass is 16.6. The second-order valence-electron chi connectivity index (χ2n) is 8.63. The third-order valence-electron chi connectivity index (χ3n) is 6.44. The first kappa shape index (κ1) is 21.3. The number of hydrazine groups is 1. The number of fused-ring (bicyclic) bond motifs is 1. The van der Waals surface area contributed by atoms with Gasteiger partial charge in [-0.3, -0.25) is 19.9 Å². The lowest BCUT2D eigenvalue weighted by molar-refractivity contribution is -0.139. The summed E-state index contributed by atoms with van der Waals surface area (Å²) in [6, 6.07) is 14.2. The molecule has 9 heteroatoms. The van der Waals surface area contributed by atoms with Crippen molar-refractivity contribution in [3.8, 4) is 11.5 Å². The Kier molecular flexibility index (Phi) is 5.41. The van der Waals surface area contributed by atoms with Crippen molar-refractivity contribution in [1.29, 1.82) is 0 Å². The number of ether oxygens (including phenoxy) is 2. The molecule has 0 aromatic heterocycles. The molecule has 0 radical (unpaired) electrons. The van der Waals surface area contributed by atoms with Crippen LogP contribution in [-0.2, 0) is 15.1 Å². The van der Waals surface area contributed by atoms with Gasteiger partial charge in [0.1, 0.15) is 18.8 Å². The van der Waals surface area contributed by atoms with Crippen LogP contribution < -0.4 is 20.2 Å². The first-order valence-corrected chi connectivity index (χ1v) is 11.1. The Morgan fingerprint density at radius 3 is 2.67 bits per heavy atom. The molecule has 0 aliphatic carbocycles. The van der Waals surface area contributed by atoms with Gasteiger partial charge in [0.15, 0.2) is 11.5 Å². The smallest absolute Gasteiger partial charge is 0.344 e. The number of likely N-dealkylation sites (tertiary alicyclic amines) is 1. The molecule has 2 saturated heterocycles. The average molecular weight is 450 g/mol. The van der Waals surface area contributed by atoms with Crippen molar-refractivity contribution in [3.63, 3.8) is 0 Å². The number of nitrogens with one attached hydrogen (secondary N) is 2. The van der Waals surface area contributed by atoms with E-state index in [2.05, 4.69) is 15.6 Å². The van der Waals surface area contributed by atoms with E-state index in [0.717, 1.165) is 41.5 Å². The molecule has 0 unspecified atom stereocenters. The molecule has 3 aliphatic heterocycles. The normalized spacial score (nSPS) is 24.6. The molecule has 2 N–H and O–H groups in total. The molecular weight excluding hydrogens is 424 g/mol. The Hall–Kier alpha value is -3.59. The zero-order valence-corrected chi connectivity index (χ0v) is 18.4. The zero-order valence-electron chi connectivity index (χ0n) is 18.4. The van der Waals surface area contributed by atoms with Crippen LogP contribution in [-0.4, -0.2) is 54.1 Å². The third kappa shape index (κ3) is 3.89. The highest BCUT2D eigenvalue weighted by Gasteiger charge is 2.50. The van der Waals surface area contributed by atoms with Gasteiger partial charge in [-0.2, -0.15) is 5.01 Å². The average Bonchev–Trinajstić information content (AvgIpc) is 3.37. The predicted octanol–water partition coefficient (Wildman–Crippen LogP) is 2.09. The summed E-state index contributed by atoms with van der Waals surface area (Å²) in [7, 11) is 0. The van der Waals surface area contributed by atoms with E-state index in [4.69, 9.17) is 9.47 Å². The lowest BCUT2D eigenvalue weighted by Crippen LogP contribution is -2.50. The quantitative estimate of drug-likeness (QED) is 0.677. The van der Waals surface area contributed by atoms with Gasteiger partial charge in [0, 0.05) is 6.04 Å². The van der Waals surface area contributed by atoms with Crippen LogP contribution in [0, 0.1) is 0 Å². The summed E-state index contributed by atoms with van der Waals surface area (Å²) in [6.45, 7) is 3.50. The number of imide groups is 1. The predicted molar refractivity (Wildman–Crippen MR) is 118 cm³/mol. The Bertz CT molecular complexity index is 1090. The molecule has 3 heterocycles. The van der Waals surface area contributed by atoms with Gasteiger partial charge in [-0.15, -0.1) is 0 Å². The number of carbonyl (C=O) groups excluding carboxylic acids is 3. The van der Waals surface area contributed by atoms with E-state index in [-0.39, 0.29) is 12.6 Å². The molecule has 0 saturated carbocycles. The van der Waals surface area contributed by atoms with E-state index >= 15 is 0 Å². The molecule has 0 spiro atoms. The molecular formula is C24H26N4O5. The van der Waals surface area contributed by atoms with Gasteiger partial charge in [-0.25, -0.2) is 4.79 Å². The zero-order chi connectivity index (χ0) is 23.0. The van der Waals surface area contributed by atoms with Crippen LogP contribution in [0.3, 0.4) is 0 Å². The number of urea groups is 1. The van der Waals surface area contributed by atoms with Crippen molar-refractivity contribution in [2.75, 3.05) is 26.3 Å². The lowest BCUT2D eigenvalue weighted by Gasteiger charge is -2.27. The largest absolute Gasteiger partial charge is 0.486 e. The minimum atomic E-state index is -1.23. The molecule has 0 bridgehead atoms. The van der Waals surface area contributed by atoms with Crippen molar-refractivity contribution >= 4 is 17.8 Å². The van der Waals surface area contributed by atoms with E-state index in [1.807, 2.05) is 24.3 Å². The van der Waals surface area contributed by atoms with Crippen LogP contribution in [0.15, 0.2) is 48.5 Å². The summed E-state index contributed by atoms with van der Waals surface area (Å²) in [5.74, 6) is 0.513. The van der Waals surface area contributed by atoms with Crippen LogP contribution in [0.1, 0.15) is 36.9 Å². The second kappa shape index (κ2) is 8.40. The number of carbonyl (C=O) groups is 3. The van der Waals surface area contributed by atoms with Gasteiger partial charge in [-0.05, 0) is 49.6 Å². The summed E-state index contributed by atoms with van der Waals surface area (Å²) in [6.07, 6.45) is 1.85. The summed E-state index contributed by atoms with van der Waals surface area (Å²) < 4.78 is 11.3. The number of benzene rings is 2. The van der Waals surface area contributed by atoms with Crippen LogP contribution >= 0.6 is 0 Å². The minimum absolute atomic E-state index is 0.0456. The highest BCUT2D eigenvalue weighted by molar-refractivity contribution is 6.08. The SMILES string of the molecule is C[C@]1(c2ccccc2)NC(=O)N(NC(=O)CN2CCC[C@H]2c2ccc3c(c2)OCCO3)C1=O. The first-order chi connectivity index (χ1) is 16.0. The maximum atomic E-state index is 13.0. The Labute approximate surface area is 191 Å². The number of amides is 4. The number of hydrogen-bond donors (Lipinski definition) is 2. The van der Waals surface area contributed by atoms with Gasteiger partial charge >= 0.3 is 6.03 Å². The number of hydrogen-bond acceptors (Lipinski definition) is 6. The molecule has 3 aliphatic rings. The van der Waals surface area contributed by atoms with E-state index in [9.17, 15) is 14.4 Å². The maximum absolute atomic E-state index is 13.0. The third-order valence-corrected chi connectivity index (χ3v) is 6.44. The van der Waals surface area contributed by atoms with Crippen LogP contribution in [0.25, 0.3) is 0 Å². The Morgan fingerprint density at radius 1 is 1.12 bits per heavy atom. The van der Waals surface area contributed by atoms with Crippen LogP contribution in [0.4, 0.5) is 4.79 Å². The maximum Gasteiger partial charge on any atom is 0.344 e. The fraction of sp³-hybridized carbons (Fsp3) is 0.375. The van der Waals surface area contributed by atoms with E-state index in [1.165, 1.54) is 0 Å². The van der Waals surface area contributed by atoms with Crippen LogP contribution in [0.5, 0.6) is 11.5 Å². The lowest BCUT2D eigenvalue weighted by atomic mass is 9.92. The monoisotopic (exact) mass is 450 g/mol. The van der Waals surface area contributed by atoms with E-state index < -0.39 is 23.4 Å². The molecule has 4 amide bonds. The van der Waals surface area contributed by atoms with Crippen molar-refractivity contribution in [1.82, 2.24) is 20.7 Å². The summed E-state index contributed by atoms with van der Waals surface area (Å²) in [5.41, 5.74) is 2.97. The summed E-state index contributed by atoms with van der Waals surface area (Å²) in [4.78, 5) is 40.4. The topological polar surface area (TPSA) is 100 Å². The van der Waals surface area contributed by atoms with E-state index in [0.29, 0.717) is 18.8 Å². The minimum Gasteiger partial charge on any atom is -0.486 e. The molecule has 9 nitrogen and oxygen atoms in total. The fourth-order valence-electron chi connectivity index (χ4n) is 4.71. The first-order valence-electron chi connectivity index (χ1n) is 11.1. The van der Waals surface area contributed by atoms with Gasteiger partial charge in [0.25, 0.3) is 11.8 Å². The second-order valence-corrected chi connectivity index (χ2v) is 8.63. The van der Waals surface area contributed by atoms with Crippen LogP contribution in [0.2, 0.25) is 0 Å². The van der Waals surface area contributed by atoms with Crippen molar-refractivity contribution in [3.05, 3.63) is 59.7 Å². The summed E-state index contributed by atoms with van der Waals surface area (Å²) in [5, 5.41) is 3.47. The number of nitrogens with zero attached hydrogens (tertiary/aromatic N) is 2. The van der Waals surface area contributed by atoms with Crippen molar-refractivity contribution in [2.45, 2.75) is 31.3 Å². The molecule has 2 aromatic rings. The summed E-state index contributed by atoms with van der Waals surface area (Å²) >= 11 is 0. The molecule has 2 atom stereocenters. The Morgan fingerprint density at radius 2 is 1.88 bits per heavy atom. The number of rotatable bonds is 5. The van der Waals surface area contributed by atoms with E-state index in [1.54, 1.807) is 31.2 Å². The van der Waals surface area contributed by atoms with Gasteiger partial charge in [0.05, 0.1) is 6.54 Å². The highest BCUT2D eigenvalue weighted by Crippen LogP contribution is 2.38. The van der Waals surface area contributed by atoms with Gasteiger partial charge in [0.2, 0.25) is 0 Å². The Balaban J connectivity index is 1.26. The van der Waals surface area contributed by atoms with Crippen molar-refractivity contribution in [2.24, 2.45) is 0 Å². The standard InChI is InChI=1S/C24H26N4O5/c1-24(17-6-3-2-4-7-17)22(30)28(23(31)25-24)26-21(29)15-27-11-5-8-18(27)16-9-10-19-20(14-16)33-13-12-32-19/h2-4,6-7,9-10,14,18H,5,8,11-13,15H2,1H3,(H,25,31)(H,26,29)/t18-,24+/m0/s1. The fourth-order valence-corrected chi connectivity index (χ4v) is 4.71. The molecule has 5 rings (SSSR count). The van der Waals surface area contributed by atoms with Gasteiger partial charge in [-0.1, -0.05) is 36.4 Å².